The first-order chi connectivity index (χ1) is 8.11. The molecule has 7 nitrogen and oxygen atoms in total. The van der Waals surface area contributed by atoms with Gasteiger partial charge in [0.25, 0.3) is 5.91 Å². The number of hydrogen-bond acceptors (Lipinski definition) is 6. The van der Waals surface area contributed by atoms with Gasteiger partial charge in [-0.05, 0) is 6.92 Å². The molecule has 1 amide bonds. The molecular weight excluding hydrogens is 226 g/mol. The van der Waals surface area contributed by atoms with Gasteiger partial charge >= 0.3 is 0 Å². The molecule has 1 atom stereocenters. The average molecular weight is 239 g/mol. The molecule has 1 aliphatic heterocycles. The summed E-state index contributed by atoms with van der Waals surface area (Å²) in [6.45, 7) is 1.16. The molecule has 0 bridgehead atoms. The highest BCUT2D eigenvalue weighted by Crippen LogP contribution is 2.28. The number of amides is 1. The van der Waals surface area contributed by atoms with E-state index in [1.54, 1.807) is 6.92 Å². The largest absolute Gasteiger partial charge is 0.478 e. The van der Waals surface area contributed by atoms with Gasteiger partial charge in [-0.15, -0.1) is 0 Å². The second-order valence-corrected chi connectivity index (χ2v) is 3.73. The lowest BCUT2D eigenvalue weighted by molar-refractivity contribution is -0.121. The number of rotatable bonds is 3. The molecule has 0 fully saturated rings. The van der Waals surface area contributed by atoms with Crippen LogP contribution in [0, 0.1) is 6.92 Å². The maximum Gasteiger partial charge on any atom is 0.266 e. The van der Waals surface area contributed by atoms with Gasteiger partial charge in [0.1, 0.15) is 5.82 Å². The Labute approximate surface area is 97.7 Å². The van der Waals surface area contributed by atoms with E-state index in [1.165, 1.54) is 11.1 Å². The van der Waals surface area contributed by atoms with Crippen molar-refractivity contribution < 1.29 is 19.7 Å². The summed E-state index contributed by atoms with van der Waals surface area (Å²) in [5.74, 6) is 0.940. The molecule has 1 unspecified atom stereocenters. The third kappa shape index (κ3) is 2.34. The number of aromatic nitrogens is 2. The predicted molar refractivity (Wildman–Crippen MR) is 57.7 cm³/mol. The molecule has 1 aromatic heterocycles. The van der Waals surface area contributed by atoms with Crippen molar-refractivity contribution in [3.05, 3.63) is 12.0 Å². The number of anilines is 1. The van der Waals surface area contributed by atoms with Gasteiger partial charge in [-0.3, -0.25) is 9.69 Å². The van der Waals surface area contributed by atoms with E-state index in [9.17, 15) is 9.90 Å². The summed E-state index contributed by atoms with van der Waals surface area (Å²) < 4.78 is 5.18. The van der Waals surface area contributed by atoms with Crippen LogP contribution in [-0.2, 0) is 4.79 Å². The van der Waals surface area contributed by atoms with Crippen LogP contribution in [0.4, 0.5) is 5.82 Å². The maximum absolute atomic E-state index is 11.7. The van der Waals surface area contributed by atoms with Gasteiger partial charge in [0, 0.05) is 0 Å². The summed E-state index contributed by atoms with van der Waals surface area (Å²) in [7, 11) is 0. The molecule has 0 saturated carbocycles. The van der Waals surface area contributed by atoms with Crippen molar-refractivity contribution in [1.82, 2.24) is 9.97 Å². The van der Waals surface area contributed by atoms with E-state index in [0.717, 1.165) is 0 Å². The molecule has 2 N–H and O–H groups in total. The lowest BCUT2D eigenvalue weighted by atomic mass is 10.3. The van der Waals surface area contributed by atoms with Crippen LogP contribution >= 0.6 is 0 Å². The molecule has 0 radical (unpaired) electrons. The van der Waals surface area contributed by atoms with Crippen LogP contribution in [0.2, 0.25) is 0 Å². The van der Waals surface area contributed by atoms with Gasteiger partial charge in [0.2, 0.25) is 0 Å². The number of hydrogen-bond donors (Lipinski definition) is 2. The highest BCUT2D eigenvalue weighted by atomic mass is 16.5. The Kier molecular flexibility index (Phi) is 3.21. The molecule has 92 valence electrons. The fourth-order valence-corrected chi connectivity index (χ4v) is 1.53. The van der Waals surface area contributed by atoms with E-state index < -0.39 is 12.7 Å². The first-order valence-electron chi connectivity index (χ1n) is 5.17. The zero-order chi connectivity index (χ0) is 12.4. The van der Waals surface area contributed by atoms with Crippen LogP contribution in [0.25, 0.3) is 0 Å². The number of β-amino-alcohol motifs (C(OH)–C–C–N with tert-alkyl or cyclic N) is 1. The summed E-state index contributed by atoms with van der Waals surface area (Å²) >= 11 is 0. The number of carbonyl (C=O) groups excluding carboxylic acids is 1. The summed E-state index contributed by atoms with van der Waals surface area (Å²) in [5.41, 5.74) is 0. The number of aliphatic hydroxyl groups is 2. The zero-order valence-electron chi connectivity index (χ0n) is 9.33. The quantitative estimate of drug-likeness (QED) is 0.692. The van der Waals surface area contributed by atoms with Gasteiger partial charge in [-0.2, -0.15) is 0 Å². The summed E-state index contributed by atoms with van der Waals surface area (Å²) in [6.07, 6.45) is 0.489. The lowest BCUT2D eigenvalue weighted by Crippen LogP contribution is -2.44. The minimum absolute atomic E-state index is 0.0118. The van der Waals surface area contributed by atoms with Gasteiger partial charge in [0.05, 0.1) is 25.5 Å². The number of aryl methyl sites for hydroxylation is 1. The minimum Gasteiger partial charge on any atom is -0.478 e. The predicted octanol–water partition coefficient (Wildman–Crippen LogP) is -1.14. The van der Waals surface area contributed by atoms with Crippen molar-refractivity contribution in [2.75, 3.05) is 24.7 Å². The topological polar surface area (TPSA) is 95.8 Å². The van der Waals surface area contributed by atoms with Crippen molar-refractivity contribution in [2.45, 2.75) is 13.0 Å². The fraction of sp³-hybridized carbons (Fsp3) is 0.500. The highest BCUT2D eigenvalue weighted by Gasteiger charge is 2.28. The SMILES string of the molecule is Cc1ncc2c(n1)N(CC(O)CO)C(=O)CO2. The molecule has 1 aliphatic rings. The Morgan fingerprint density at radius 2 is 2.41 bits per heavy atom. The van der Waals surface area contributed by atoms with Crippen molar-refractivity contribution in [2.24, 2.45) is 0 Å². The first-order valence-corrected chi connectivity index (χ1v) is 5.17. The van der Waals surface area contributed by atoms with E-state index in [2.05, 4.69) is 9.97 Å². The molecule has 0 spiro atoms. The monoisotopic (exact) mass is 239 g/mol. The van der Waals surface area contributed by atoms with Crippen LogP contribution in [-0.4, -0.2) is 52.0 Å². The van der Waals surface area contributed by atoms with E-state index in [1.807, 2.05) is 0 Å². The van der Waals surface area contributed by atoms with E-state index in [0.29, 0.717) is 17.4 Å². The lowest BCUT2D eigenvalue weighted by Gasteiger charge is -2.29. The van der Waals surface area contributed by atoms with Crippen LogP contribution in [0.3, 0.4) is 0 Å². The minimum atomic E-state index is -1.000. The third-order valence-electron chi connectivity index (χ3n) is 2.37. The van der Waals surface area contributed by atoms with Crippen molar-refractivity contribution >= 4 is 11.7 Å². The second-order valence-electron chi connectivity index (χ2n) is 3.73. The summed E-state index contributed by atoms with van der Waals surface area (Å²) in [4.78, 5) is 21.0. The molecule has 0 aromatic carbocycles. The zero-order valence-corrected chi connectivity index (χ0v) is 9.33. The van der Waals surface area contributed by atoms with Crippen LogP contribution in [0.5, 0.6) is 5.75 Å². The van der Waals surface area contributed by atoms with Crippen LogP contribution in [0.15, 0.2) is 6.20 Å². The van der Waals surface area contributed by atoms with Gasteiger partial charge in [-0.1, -0.05) is 0 Å². The number of aliphatic hydroxyl groups excluding tert-OH is 2. The smallest absolute Gasteiger partial charge is 0.266 e. The highest BCUT2D eigenvalue weighted by molar-refractivity contribution is 5.96. The van der Waals surface area contributed by atoms with Gasteiger partial charge in [0.15, 0.2) is 18.2 Å². The van der Waals surface area contributed by atoms with Crippen molar-refractivity contribution in [3.8, 4) is 5.75 Å². The third-order valence-corrected chi connectivity index (χ3v) is 2.37. The van der Waals surface area contributed by atoms with Crippen molar-refractivity contribution in [3.63, 3.8) is 0 Å². The Morgan fingerprint density at radius 1 is 1.65 bits per heavy atom. The van der Waals surface area contributed by atoms with Gasteiger partial charge < -0.3 is 14.9 Å². The normalized spacial score (nSPS) is 16.4. The fourth-order valence-electron chi connectivity index (χ4n) is 1.53. The summed E-state index contributed by atoms with van der Waals surface area (Å²) in [6, 6.07) is 0. The van der Waals surface area contributed by atoms with Crippen LogP contribution < -0.4 is 9.64 Å². The van der Waals surface area contributed by atoms with E-state index in [4.69, 9.17) is 9.84 Å². The number of fused-ring (bicyclic) bond motifs is 1. The van der Waals surface area contributed by atoms with Crippen molar-refractivity contribution in [1.29, 1.82) is 0 Å². The molecule has 0 saturated heterocycles. The molecular formula is C10H13N3O4. The Bertz CT molecular complexity index is 438. The molecule has 1 aromatic rings. The Hall–Kier alpha value is -1.73. The average Bonchev–Trinajstić information content (AvgIpc) is 2.32. The molecule has 0 aliphatic carbocycles. The Morgan fingerprint density at radius 3 is 3.12 bits per heavy atom. The van der Waals surface area contributed by atoms with Gasteiger partial charge in [-0.25, -0.2) is 9.97 Å². The second kappa shape index (κ2) is 4.64. The molecule has 2 rings (SSSR count). The standard InChI is InChI=1S/C10H13N3O4/c1-6-11-2-8-10(12-6)13(3-7(15)4-14)9(16)5-17-8/h2,7,14-15H,3-5H2,1H3. The number of ether oxygens (including phenoxy) is 1. The molecule has 7 heteroatoms. The first kappa shape index (κ1) is 11.7. The molecule has 2 heterocycles. The van der Waals surface area contributed by atoms with E-state index >= 15 is 0 Å². The molecule has 17 heavy (non-hydrogen) atoms. The van der Waals surface area contributed by atoms with Crippen LogP contribution in [0.1, 0.15) is 5.82 Å². The number of nitrogens with zero attached hydrogens (tertiary/aromatic N) is 3. The summed E-state index contributed by atoms with van der Waals surface area (Å²) in [5, 5.41) is 18.2. The maximum atomic E-state index is 11.7. The Balaban J connectivity index is 2.32. The van der Waals surface area contributed by atoms with E-state index in [-0.39, 0.29) is 19.1 Å². The number of carbonyl (C=O) groups is 1.